The lowest BCUT2D eigenvalue weighted by molar-refractivity contribution is 0.0888. The second-order valence-corrected chi connectivity index (χ2v) is 10.3. The molecule has 0 amide bonds. The van der Waals surface area contributed by atoms with Crippen LogP contribution in [-0.4, -0.2) is 19.2 Å². The number of rotatable bonds is 6. The summed E-state index contributed by atoms with van der Waals surface area (Å²) < 4.78 is 6.10. The van der Waals surface area contributed by atoms with Crippen molar-refractivity contribution in [2.75, 3.05) is 5.33 Å². The fourth-order valence-corrected chi connectivity index (χ4v) is 3.68. The maximum Gasteiger partial charge on any atom is 0.184 e. The quantitative estimate of drug-likeness (QED) is 0.398. The highest BCUT2D eigenvalue weighted by Crippen LogP contribution is 2.23. The molecular formula is C10H23BrOSi. The van der Waals surface area contributed by atoms with Gasteiger partial charge in [0.25, 0.3) is 0 Å². The maximum atomic E-state index is 6.10. The second kappa shape index (κ2) is 5.52. The lowest BCUT2D eigenvalue weighted by atomic mass is 10.0. The fraction of sp³-hybridized carbons (Fsp3) is 1.00. The minimum absolute atomic E-state index is 0.0760. The van der Waals surface area contributed by atoms with Crippen molar-refractivity contribution in [3.05, 3.63) is 0 Å². The van der Waals surface area contributed by atoms with Gasteiger partial charge in [-0.1, -0.05) is 15.9 Å². The molecule has 3 heteroatoms. The van der Waals surface area contributed by atoms with Crippen molar-refractivity contribution in [1.29, 1.82) is 0 Å². The van der Waals surface area contributed by atoms with E-state index in [4.69, 9.17) is 4.43 Å². The number of unbranched alkanes of at least 4 members (excludes halogenated alkanes) is 1. The van der Waals surface area contributed by atoms with Crippen LogP contribution < -0.4 is 0 Å². The molecular weight excluding hydrogens is 244 g/mol. The fourth-order valence-electron chi connectivity index (χ4n) is 1.53. The molecule has 0 bridgehead atoms. The van der Waals surface area contributed by atoms with Gasteiger partial charge in [-0.2, -0.15) is 0 Å². The van der Waals surface area contributed by atoms with Crippen LogP contribution in [0.4, 0.5) is 0 Å². The van der Waals surface area contributed by atoms with Gasteiger partial charge in [0, 0.05) is 5.33 Å². The molecule has 0 saturated carbocycles. The van der Waals surface area contributed by atoms with Crippen LogP contribution in [0.1, 0.15) is 33.1 Å². The molecule has 0 atom stereocenters. The number of alkyl halides is 1. The normalized spacial score (nSPS) is 13.4. The molecule has 0 unspecified atom stereocenters. The smallest absolute Gasteiger partial charge is 0.184 e. The molecule has 0 saturated heterocycles. The van der Waals surface area contributed by atoms with Crippen molar-refractivity contribution in [3.8, 4) is 0 Å². The van der Waals surface area contributed by atoms with Crippen molar-refractivity contribution < 1.29 is 4.43 Å². The lowest BCUT2D eigenvalue weighted by Gasteiger charge is -2.33. The van der Waals surface area contributed by atoms with Crippen LogP contribution in [0, 0.1) is 0 Å². The molecule has 80 valence electrons. The summed E-state index contributed by atoms with van der Waals surface area (Å²) in [7, 11) is -1.36. The van der Waals surface area contributed by atoms with Gasteiger partial charge < -0.3 is 4.43 Å². The predicted octanol–water partition coefficient (Wildman–Crippen LogP) is 4.18. The Morgan fingerprint density at radius 1 is 1.15 bits per heavy atom. The molecule has 13 heavy (non-hydrogen) atoms. The maximum absolute atomic E-state index is 6.10. The predicted molar refractivity (Wildman–Crippen MR) is 66.2 cm³/mol. The zero-order valence-electron chi connectivity index (χ0n) is 9.61. The molecule has 0 aromatic carbocycles. The summed E-state index contributed by atoms with van der Waals surface area (Å²) in [5.41, 5.74) is 0.0760. The standard InChI is InChI=1S/C10H23BrOSi/c1-10(2,8-6-7-9-11)12-13(3,4)5/h6-9H2,1-5H3. The van der Waals surface area contributed by atoms with Crippen LogP contribution >= 0.6 is 15.9 Å². The zero-order valence-corrected chi connectivity index (χ0v) is 12.2. The van der Waals surface area contributed by atoms with Crippen LogP contribution in [0.25, 0.3) is 0 Å². The second-order valence-electron chi connectivity index (χ2n) is 5.12. The van der Waals surface area contributed by atoms with E-state index in [9.17, 15) is 0 Å². The molecule has 0 radical (unpaired) electrons. The first-order valence-corrected chi connectivity index (χ1v) is 9.56. The Bertz CT molecular complexity index is 140. The topological polar surface area (TPSA) is 9.23 Å². The summed E-state index contributed by atoms with van der Waals surface area (Å²) in [6, 6.07) is 0. The minimum Gasteiger partial charge on any atom is -0.413 e. The van der Waals surface area contributed by atoms with E-state index in [1.165, 1.54) is 19.3 Å². The number of halogens is 1. The van der Waals surface area contributed by atoms with E-state index in [1.54, 1.807) is 0 Å². The summed E-state index contributed by atoms with van der Waals surface area (Å²) >= 11 is 3.45. The first-order chi connectivity index (χ1) is 5.77. The SMILES string of the molecule is CC(C)(CCCCBr)O[Si](C)(C)C. The van der Waals surface area contributed by atoms with Crippen molar-refractivity contribution >= 4 is 24.2 Å². The third kappa shape index (κ3) is 8.97. The van der Waals surface area contributed by atoms with Gasteiger partial charge in [0.05, 0.1) is 5.60 Å². The molecule has 0 aliphatic heterocycles. The highest BCUT2D eigenvalue weighted by Gasteiger charge is 2.26. The number of hydrogen-bond donors (Lipinski definition) is 0. The number of hydrogen-bond acceptors (Lipinski definition) is 1. The third-order valence-electron chi connectivity index (χ3n) is 1.74. The summed E-state index contributed by atoms with van der Waals surface area (Å²) in [6.07, 6.45) is 3.67. The first-order valence-electron chi connectivity index (χ1n) is 5.03. The molecule has 0 aromatic rings. The molecule has 0 N–H and O–H groups in total. The van der Waals surface area contributed by atoms with Crippen LogP contribution in [0.2, 0.25) is 19.6 Å². The van der Waals surface area contributed by atoms with E-state index in [2.05, 4.69) is 49.4 Å². The molecule has 0 rings (SSSR count). The van der Waals surface area contributed by atoms with Crippen molar-refractivity contribution in [2.45, 2.75) is 58.4 Å². The molecule has 1 nitrogen and oxygen atoms in total. The summed E-state index contributed by atoms with van der Waals surface area (Å²) in [6.45, 7) is 11.2. The summed E-state index contributed by atoms with van der Waals surface area (Å²) in [5.74, 6) is 0. The summed E-state index contributed by atoms with van der Waals surface area (Å²) in [5, 5.41) is 1.11. The van der Waals surface area contributed by atoms with Crippen LogP contribution in [0.5, 0.6) is 0 Å². The molecule has 0 heterocycles. The zero-order chi connectivity index (χ0) is 10.5. The van der Waals surface area contributed by atoms with Gasteiger partial charge in [0.1, 0.15) is 0 Å². The van der Waals surface area contributed by atoms with Crippen LogP contribution in [0.15, 0.2) is 0 Å². The van der Waals surface area contributed by atoms with E-state index in [1.807, 2.05) is 0 Å². The molecule has 0 aromatic heterocycles. The Kier molecular flexibility index (Phi) is 5.80. The Hall–Kier alpha value is 0.657. The Morgan fingerprint density at radius 3 is 2.08 bits per heavy atom. The molecule has 0 aliphatic carbocycles. The monoisotopic (exact) mass is 266 g/mol. The van der Waals surface area contributed by atoms with Gasteiger partial charge in [-0.15, -0.1) is 0 Å². The minimum atomic E-state index is -1.36. The van der Waals surface area contributed by atoms with Gasteiger partial charge in [0.2, 0.25) is 0 Å². The van der Waals surface area contributed by atoms with E-state index in [0.717, 1.165) is 5.33 Å². The van der Waals surface area contributed by atoms with Gasteiger partial charge in [-0.3, -0.25) is 0 Å². The van der Waals surface area contributed by atoms with Crippen molar-refractivity contribution in [3.63, 3.8) is 0 Å². The Morgan fingerprint density at radius 2 is 1.69 bits per heavy atom. The van der Waals surface area contributed by atoms with Gasteiger partial charge in [0.15, 0.2) is 8.32 Å². The molecule has 0 fully saturated rings. The molecule has 0 aliphatic rings. The average Bonchev–Trinajstić information content (AvgIpc) is 1.81. The van der Waals surface area contributed by atoms with E-state index in [0.29, 0.717) is 0 Å². The van der Waals surface area contributed by atoms with Gasteiger partial charge in [-0.05, 0) is 52.8 Å². The van der Waals surface area contributed by atoms with Crippen LogP contribution in [0.3, 0.4) is 0 Å². The summed E-state index contributed by atoms with van der Waals surface area (Å²) in [4.78, 5) is 0. The average molecular weight is 267 g/mol. The van der Waals surface area contributed by atoms with E-state index < -0.39 is 8.32 Å². The van der Waals surface area contributed by atoms with E-state index in [-0.39, 0.29) is 5.60 Å². The van der Waals surface area contributed by atoms with Gasteiger partial charge >= 0.3 is 0 Å². The third-order valence-corrected chi connectivity index (χ3v) is 3.47. The largest absolute Gasteiger partial charge is 0.413 e. The first kappa shape index (κ1) is 13.7. The highest BCUT2D eigenvalue weighted by molar-refractivity contribution is 9.09. The van der Waals surface area contributed by atoms with Crippen LogP contribution in [-0.2, 0) is 4.43 Å². The van der Waals surface area contributed by atoms with Gasteiger partial charge in [-0.25, -0.2) is 0 Å². The van der Waals surface area contributed by atoms with E-state index >= 15 is 0 Å². The lowest BCUT2D eigenvalue weighted by Crippen LogP contribution is -2.38. The molecule has 0 spiro atoms. The Labute approximate surface area is 92.5 Å². The Balaban J connectivity index is 3.80. The highest BCUT2D eigenvalue weighted by atomic mass is 79.9. The van der Waals surface area contributed by atoms with Crippen molar-refractivity contribution in [2.24, 2.45) is 0 Å². The van der Waals surface area contributed by atoms with Crippen molar-refractivity contribution in [1.82, 2.24) is 0 Å².